The Hall–Kier alpha value is -1.92. The Morgan fingerprint density at radius 3 is 2.22 bits per heavy atom. The van der Waals surface area contributed by atoms with Gasteiger partial charge >= 0.3 is 17.3 Å². The lowest BCUT2D eigenvalue weighted by Gasteiger charge is -2.30. The molecule has 1 aromatic rings. The van der Waals surface area contributed by atoms with Crippen LogP contribution >= 0.6 is 0 Å². The van der Waals surface area contributed by atoms with E-state index in [-0.39, 0.29) is 30.1 Å². The van der Waals surface area contributed by atoms with Gasteiger partial charge in [-0.3, -0.25) is 13.2 Å². The number of nitrogens with two attached hydrogens (primary N) is 1. The maximum atomic E-state index is 11.7. The van der Waals surface area contributed by atoms with Crippen LogP contribution in [0.4, 0.5) is 0 Å². The van der Waals surface area contributed by atoms with Crippen molar-refractivity contribution in [2.75, 3.05) is 6.61 Å². The molecule has 1 aliphatic rings. The number of carbonyl (C=O) groups is 1. The molecule has 3 unspecified atom stereocenters. The lowest BCUT2D eigenvalue weighted by atomic mass is 9.87. The molecule has 1 aliphatic carbocycles. The van der Waals surface area contributed by atoms with Gasteiger partial charge < -0.3 is 15.6 Å². The number of hydrogen-bond donors (Lipinski definition) is 2. The minimum Gasteiger partial charge on any atom is -0.488 e. The average molecular weight is 468 g/mol. The van der Waals surface area contributed by atoms with Gasteiger partial charge in [0.25, 0.3) is 0 Å². The molecule has 1 saturated carbocycles. The highest BCUT2D eigenvalue weighted by molar-refractivity contribution is 7.75. The van der Waals surface area contributed by atoms with Gasteiger partial charge in [-0.2, -0.15) is 4.21 Å². The van der Waals surface area contributed by atoms with Crippen LogP contribution in [-0.4, -0.2) is 40.1 Å². The molecule has 7 nitrogen and oxygen atoms in total. The van der Waals surface area contributed by atoms with Crippen LogP contribution in [0.5, 0.6) is 5.75 Å². The second-order valence-corrected chi connectivity index (χ2v) is 9.96. The zero-order valence-electron chi connectivity index (χ0n) is 19.7. The molecule has 1 aromatic carbocycles. The molecule has 0 heterocycles. The molecule has 3 N–H and O–H groups in total. The molecule has 8 heteroatoms. The molecular weight excluding hydrogens is 430 g/mol. The van der Waals surface area contributed by atoms with Crippen molar-refractivity contribution in [1.29, 1.82) is 0 Å². The molecule has 0 bridgehead atoms. The van der Waals surface area contributed by atoms with E-state index in [1.54, 1.807) is 13.8 Å². The highest BCUT2D eigenvalue weighted by atomic mass is 32.2. The summed E-state index contributed by atoms with van der Waals surface area (Å²) in [7, 11) is 0. The quantitative estimate of drug-likeness (QED) is 0.557. The molecular formula is C24H37NO6S. The Kier molecular flexibility index (Phi) is 11.9. The molecule has 0 spiro atoms. The van der Waals surface area contributed by atoms with Crippen molar-refractivity contribution in [3.8, 4) is 18.1 Å². The fourth-order valence-electron chi connectivity index (χ4n) is 3.01. The summed E-state index contributed by atoms with van der Waals surface area (Å²) in [6, 6.07) is 7.43. The molecule has 0 aliphatic heterocycles. The van der Waals surface area contributed by atoms with Crippen molar-refractivity contribution in [1.82, 2.24) is 0 Å². The topological polar surface area (TPSA) is 108 Å². The minimum atomic E-state index is -1.83. The monoisotopic (exact) mass is 467 g/mol. The fourth-order valence-corrected chi connectivity index (χ4v) is 3.65. The summed E-state index contributed by atoms with van der Waals surface area (Å²) >= 11 is -1.83. The summed E-state index contributed by atoms with van der Waals surface area (Å²) in [5.74, 6) is 2.17. The summed E-state index contributed by atoms with van der Waals surface area (Å²) in [5.41, 5.74) is 6.53. The van der Waals surface area contributed by atoms with E-state index in [4.69, 9.17) is 30.4 Å². The highest BCUT2D eigenvalue weighted by Crippen LogP contribution is 2.29. The van der Waals surface area contributed by atoms with Crippen LogP contribution in [0.25, 0.3) is 0 Å². The highest BCUT2D eigenvalue weighted by Gasteiger charge is 2.30. The minimum absolute atomic E-state index is 0.0208. The Balaban J connectivity index is 0.000000547. The number of terminal acetylenes is 1. The average Bonchev–Trinajstić information content (AvgIpc) is 2.73. The molecule has 2 rings (SSSR count). The predicted octanol–water partition coefficient (Wildman–Crippen LogP) is 3.97. The van der Waals surface area contributed by atoms with Gasteiger partial charge in [-0.25, -0.2) is 0 Å². The largest absolute Gasteiger partial charge is 0.488 e. The second-order valence-electron chi connectivity index (χ2n) is 9.13. The van der Waals surface area contributed by atoms with E-state index in [2.05, 4.69) is 38.8 Å². The Morgan fingerprint density at radius 1 is 1.22 bits per heavy atom. The first-order chi connectivity index (χ1) is 15.0. The maximum Gasteiger partial charge on any atom is 0.320 e. The molecule has 0 amide bonds. The van der Waals surface area contributed by atoms with E-state index in [1.807, 2.05) is 12.1 Å². The predicted molar refractivity (Wildman–Crippen MR) is 126 cm³/mol. The second kappa shape index (κ2) is 13.6. The number of rotatable bonds is 8. The third-order valence-corrected chi connectivity index (χ3v) is 5.81. The number of ether oxygens (including phenoxy) is 1. The number of carboxylic acids is 1. The maximum absolute atomic E-state index is 11.7. The van der Waals surface area contributed by atoms with E-state index in [0.717, 1.165) is 31.4 Å². The van der Waals surface area contributed by atoms with Gasteiger partial charge in [-0.1, -0.05) is 59.1 Å². The van der Waals surface area contributed by atoms with Crippen LogP contribution in [0, 0.1) is 18.3 Å². The lowest BCUT2D eigenvalue weighted by Crippen LogP contribution is -2.37. The summed E-state index contributed by atoms with van der Waals surface area (Å²) in [6.07, 6.45) is 8.49. The van der Waals surface area contributed by atoms with Gasteiger partial charge in [-0.15, -0.1) is 6.42 Å². The Morgan fingerprint density at radius 2 is 1.78 bits per heavy atom. The van der Waals surface area contributed by atoms with Crippen LogP contribution in [0.2, 0.25) is 0 Å². The van der Waals surface area contributed by atoms with E-state index in [0.29, 0.717) is 0 Å². The summed E-state index contributed by atoms with van der Waals surface area (Å²) in [6.45, 7) is 10.1. The first kappa shape index (κ1) is 28.1. The number of benzene rings is 1. The van der Waals surface area contributed by atoms with Crippen LogP contribution in [0.15, 0.2) is 24.3 Å². The summed E-state index contributed by atoms with van der Waals surface area (Å²) in [4.78, 5) is 10.0. The molecule has 1 fully saturated rings. The van der Waals surface area contributed by atoms with Crippen LogP contribution in [0.3, 0.4) is 0 Å². The van der Waals surface area contributed by atoms with Gasteiger partial charge in [0.15, 0.2) is 0 Å². The third-order valence-electron chi connectivity index (χ3n) is 5.09. The van der Waals surface area contributed by atoms with Crippen molar-refractivity contribution >= 4 is 17.3 Å². The van der Waals surface area contributed by atoms with E-state index in [1.165, 1.54) is 5.56 Å². The van der Waals surface area contributed by atoms with Crippen molar-refractivity contribution in [2.24, 2.45) is 11.7 Å². The molecule has 0 aromatic heterocycles. The summed E-state index contributed by atoms with van der Waals surface area (Å²) < 4.78 is 28.2. The number of aliphatic carboxylic acids is 1. The van der Waals surface area contributed by atoms with Crippen LogP contribution < -0.4 is 10.5 Å². The number of hydrogen-bond acceptors (Lipinski definition) is 6. The van der Waals surface area contributed by atoms with Gasteiger partial charge in [-0.05, 0) is 48.3 Å². The van der Waals surface area contributed by atoms with Crippen LogP contribution in [0.1, 0.15) is 65.9 Å². The van der Waals surface area contributed by atoms with Gasteiger partial charge in [0, 0.05) is 0 Å². The zero-order valence-corrected chi connectivity index (χ0v) is 20.5. The van der Waals surface area contributed by atoms with Crippen molar-refractivity contribution in [3.63, 3.8) is 0 Å². The van der Waals surface area contributed by atoms with E-state index in [9.17, 15) is 9.00 Å². The van der Waals surface area contributed by atoms with Crippen molar-refractivity contribution in [3.05, 3.63) is 29.8 Å². The van der Waals surface area contributed by atoms with Gasteiger partial charge in [0.1, 0.15) is 30.6 Å². The standard InChI is InChI=1S/C19H26O4S.C5H11NO2/c1-5-14-21-24(20)23-18-9-7-6-8-17(18)22-16-12-10-15(11-13-16)19(2,3)4;1-3(2)4(6)5(7)8/h1,10-13,17-18H,6-9,14H2,2-4H3;3-4H,6H2,1-2H3,(H,7,8)/t;4-/m.0/s1. The lowest BCUT2D eigenvalue weighted by molar-refractivity contribution is -0.139. The van der Waals surface area contributed by atoms with Crippen molar-refractivity contribution < 1.29 is 27.2 Å². The van der Waals surface area contributed by atoms with Crippen molar-refractivity contribution in [2.45, 2.75) is 84.0 Å². The zero-order chi connectivity index (χ0) is 24.3. The van der Waals surface area contributed by atoms with Crippen LogP contribution in [-0.2, 0) is 29.9 Å². The normalized spacial score (nSPS) is 20.4. The first-order valence-corrected chi connectivity index (χ1v) is 11.9. The first-order valence-electron chi connectivity index (χ1n) is 10.9. The Bertz CT molecular complexity index is 766. The molecule has 0 radical (unpaired) electrons. The van der Waals surface area contributed by atoms with E-state index >= 15 is 0 Å². The van der Waals surface area contributed by atoms with Gasteiger partial charge in [0.2, 0.25) is 0 Å². The molecule has 32 heavy (non-hydrogen) atoms. The molecule has 180 valence electrons. The third kappa shape index (κ3) is 10.1. The van der Waals surface area contributed by atoms with Gasteiger partial charge in [0.05, 0.1) is 0 Å². The molecule has 0 saturated heterocycles. The smallest absolute Gasteiger partial charge is 0.320 e. The number of carboxylic acid groups (broad SMARTS) is 1. The van der Waals surface area contributed by atoms with E-state index < -0.39 is 23.4 Å². The summed E-state index contributed by atoms with van der Waals surface area (Å²) in [5, 5.41) is 8.23. The SMILES string of the molecule is C#CCOS(=O)OC1CCCCC1Oc1ccc(C(C)(C)C)cc1.CC(C)[C@H](N)C(=O)O. The Labute approximate surface area is 194 Å². The molecule has 4 atom stereocenters. The fraction of sp³-hybridized carbons (Fsp3) is 0.625.